The molecule has 0 saturated carbocycles. The average Bonchev–Trinajstić information content (AvgIpc) is 2.89. The molecule has 0 aliphatic carbocycles. The first-order valence-corrected chi connectivity index (χ1v) is 7.53. The molecule has 1 amide bonds. The minimum Gasteiger partial charge on any atom is -0.361 e. The molecule has 1 heterocycles. The SMILES string of the molecule is CCc1noc(CC)c1CNC(=O)C(CC)(CC)CN. The van der Waals surface area contributed by atoms with Crippen molar-refractivity contribution in [2.24, 2.45) is 11.1 Å². The van der Waals surface area contributed by atoms with Gasteiger partial charge in [0.1, 0.15) is 5.76 Å². The Kier molecular flexibility index (Phi) is 6.20. The molecule has 114 valence electrons. The highest BCUT2D eigenvalue weighted by Gasteiger charge is 2.33. The molecule has 0 aliphatic rings. The minimum absolute atomic E-state index is 0.0234. The zero-order valence-electron chi connectivity index (χ0n) is 13.1. The molecule has 1 rings (SSSR count). The number of aromatic nitrogens is 1. The van der Waals surface area contributed by atoms with Gasteiger partial charge >= 0.3 is 0 Å². The molecule has 0 fully saturated rings. The molecule has 0 radical (unpaired) electrons. The number of amides is 1. The number of aryl methyl sites for hydroxylation is 2. The molecule has 0 atom stereocenters. The number of nitrogens with one attached hydrogen (secondary N) is 1. The van der Waals surface area contributed by atoms with Gasteiger partial charge in [-0.05, 0) is 19.3 Å². The molecule has 0 unspecified atom stereocenters. The van der Waals surface area contributed by atoms with E-state index in [1.165, 1.54) is 0 Å². The maximum absolute atomic E-state index is 12.4. The van der Waals surface area contributed by atoms with Crippen molar-refractivity contribution in [3.63, 3.8) is 0 Å². The van der Waals surface area contributed by atoms with Crippen LogP contribution in [0.1, 0.15) is 57.6 Å². The summed E-state index contributed by atoms with van der Waals surface area (Å²) in [5, 5.41) is 7.06. The Morgan fingerprint density at radius 3 is 2.35 bits per heavy atom. The number of rotatable bonds is 8. The number of hydrogen-bond acceptors (Lipinski definition) is 4. The topological polar surface area (TPSA) is 81.2 Å². The lowest BCUT2D eigenvalue weighted by atomic mass is 9.81. The summed E-state index contributed by atoms with van der Waals surface area (Å²) in [7, 11) is 0. The highest BCUT2D eigenvalue weighted by atomic mass is 16.5. The first-order valence-electron chi connectivity index (χ1n) is 7.53. The van der Waals surface area contributed by atoms with Crippen LogP contribution in [0, 0.1) is 5.41 Å². The second-order valence-electron chi connectivity index (χ2n) is 5.11. The van der Waals surface area contributed by atoms with E-state index in [-0.39, 0.29) is 5.91 Å². The highest BCUT2D eigenvalue weighted by Crippen LogP contribution is 2.25. The van der Waals surface area contributed by atoms with Crippen LogP contribution in [0.2, 0.25) is 0 Å². The fourth-order valence-corrected chi connectivity index (χ4v) is 2.45. The molecule has 1 aromatic rings. The molecule has 1 aromatic heterocycles. The second kappa shape index (κ2) is 7.43. The monoisotopic (exact) mass is 281 g/mol. The summed E-state index contributed by atoms with van der Waals surface area (Å²) in [6, 6.07) is 0. The third kappa shape index (κ3) is 3.20. The third-order valence-corrected chi connectivity index (χ3v) is 4.26. The standard InChI is InChI=1S/C15H27N3O2/c1-5-12-11(13(6-2)20-18-12)9-17-14(19)15(7-3,8-4)10-16/h5-10,16H2,1-4H3,(H,17,19). The van der Waals surface area contributed by atoms with Gasteiger partial charge in [0, 0.05) is 25.1 Å². The number of carbonyl (C=O) groups excluding carboxylic acids is 1. The van der Waals surface area contributed by atoms with Crippen molar-refractivity contribution in [3.8, 4) is 0 Å². The van der Waals surface area contributed by atoms with Gasteiger partial charge in [-0.3, -0.25) is 4.79 Å². The smallest absolute Gasteiger partial charge is 0.227 e. The number of hydrogen-bond donors (Lipinski definition) is 2. The Morgan fingerprint density at radius 1 is 1.25 bits per heavy atom. The average molecular weight is 281 g/mol. The van der Waals surface area contributed by atoms with Crippen molar-refractivity contribution in [1.29, 1.82) is 0 Å². The van der Waals surface area contributed by atoms with Gasteiger partial charge in [-0.2, -0.15) is 0 Å². The van der Waals surface area contributed by atoms with Crippen molar-refractivity contribution >= 4 is 5.91 Å². The van der Waals surface area contributed by atoms with Gasteiger partial charge in [0.2, 0.25) is 5.91 Å². The van der Waals surface area contributed by atoms with Crippen molar-refractivity contribution in [3.05, 3.63) is 17.0 Å². The molecular formula is C15H27N3O2. The van der Waals surface area contributed by atoms with Gasteiger partial charge in [0.05, 0.1) is 11.1 Å². The molecule has 0 aromatic carbocycles. The fraction of sp³-hybridized carbons (Fsp3) is 0.733. The van der Waals surface area contributed by atoms with Crippen molar-refractivity contribution in [1.82, 2.24) is 10.5 Å². The van der Waals surface area contributed by atoms with Crippen LogP contribution in [0.3, 0.4) is 0 Å². The van der Waals surface area contributed by atoms with E-state index in [2.05, 4.69) is 10.5 Å². The maximum Gasteiger partial charge on any atom is 0.227 e. The molecule has 20 heavy (non-hydrogen) atoms. The summed E-state index contributed by atoms with van der Waals surface area (Å²) in [5.74, 6) is 0.879. The van der Waals surface area contributed by atoms with Gasteiger partial charge in [-0.1, -0.05) is 32.9 Å². The van der Waals surface area contributed by atoms with Crippen LogP contribution in [-0.4, -0.2) is 17.6 Å². The summed E-state index contributed by atoms with van der Waals surface area (Å²) in [6.07, 6.45) is 3.08. The predicted molar refractivity (Wildman–Crippen MR) is 79.2 cm³/mol. The van der Waals surface area contributed by atoms with E-state index in [4.69, 9.17) is 10.3 Å². The van der Waals surface area contributed by atoms with Crippen molar-refractivity contribution in [2.75, 3.05) is 6.54 Å². The largest absolute Gasteiger partial charge is 0.361 e. The van der Waals surface area contributed by atoms with Crippen LogP contribution in [-0.2, 0) is 24.2 Å². The van der Waals surface area contributed by atoms with Crippen molar-refractivity contribution in [2.45, 2.75) is 59.9 Å². The zero-order valence-corrected chi connectivity index (χ0v) is 13.1. The van der Waals surface area contributed by atoms with E-state index >= 15 is 0 Å². The summed E-state index contributed by atoms with van der Waals surface area (Å²) in [5.41, 5.74) is 7.28. The summed E-state index contributed by atoms with van der Waals surface area (Å²) in [6.45, 7) is 8.90. The Balaban J connectivity index is 2.81. The van der Waals surface area contributed by atoms with Gasteiger partial charge < -0.3 is 15.6 Å². The van der Waals surface area contributed by atoms with E-state index in [9.17, 15) is 4.79 Å². The highest BCUT2D eigenvalue weighted by molar-refractivity contribution is 5.82. The summed E-state index contributed by atoms with van der Waals surface area (Å²) < 4.78 is 5.31. The summed E-state index contributed by atoms with van der Waals surface area (Å²) >= 11 is 0. The van der Waals surface area contributed by atoms with Gasteiger partial charge in [0.15, 0.2) is 0 Å². The van der Waals surface area contributed by atoms with Gasteiger partial charge in [0.25, 0.3) is 0 Å². The molecule has 0 spiro atoms. The van der Waals surface area contributed by atoms with Gasteiger partial charge in [-0.15, -0.1) is 0 Å². The van der Waals surface area contributed by atoms with E-state index in [0.717, 1.165) is 42.7 Å². The fourth-order valence-electron chi connectivity index (χ4n) is 2.45. The van der Waals surface area contributed by atoms with E-state index in [0.29, 0.717) is 13.1 Å². The Labute approximate surface area is 121 Å². The minimum atomic E-state index is -0.462. The molecule has 3 N–H and O–H groups in total. The van der Waals surface area contributed by atoms with Crippen molar-refractivity contribution < 1.29 is 9.32 Å². The zero-order chi connectivity index (χ0) is 15.2. The number of nitrogens with two attached hydrogens (primary N) is 1. The van der Waals surface area contributed by atoms with Crippen LogP contribution in [0.5, 0.6) is 0 Å². The van der Waals surface area contributed by atoms with Crippen LogP contribution in [0.25, 0.3) is 0 Å². The summed E-state index contributed by atoms with van der Waals surface area (Å²) in [4.78, 5) is 12.4. The molecule has 5 nitrogen and oxygen atoms in total. The lowest BCUT2D eigenvalue weighted by Gasteiger charge is -2.28. The molecule has 0 bridgehead atoms. The molecular weight excluding hydrogens is 254 g/mol. The maximum atomic E-state index is 12.4. The molecule has 0 saturated heterocycles. The lowest BCUT2D eigenvalue weighted by Crippen LogP contribution is -2.45. The third-order valence-electron chi connectivity index (χ3n) is 4.26. The number of carbonyl (C=O) groups is 1. The predicted octanol–water partition coefficient (Wildman–Crippen LogP) is 2.18. The van der Waals surface area contributed by atoms with E-state index in [1.54, 1.807) is 0 Å². The quantitative estimate of drug-likeness (QED) is 0.765. The molecule has 5 heteroatoms. The Morgan fingerprint density at radius 2 is 1.90 bits per heavy atom. The Hall–Kier alpha value is -1.36. The van der Waals surface area contributed by atoms with Crippen LogP contribution < -0.4 is 11.1 Å². The van der Waals surface area contributed by atoms with Crippen LogP contribution in [0.15, 0.2) is 4.52 Å². The Bertz CT molecular complexity index is 407. The number of nitrogens with zero attached hydrogens (tertiary/aromatic N) is 1. The normalized spacial score (nSPS) is 11.7. The first-order chi connectivity index (χ1) is 9.58. The second-order valence-corrected chi connectivity index (χ2v) is 5.11. The van der Waals surface area contributed by atoms with Gasteiger partial charge in [-0.25, -0.2) is 0 Å². The van der Waals surface area contributed by atoms with Crippen LogP contribution in [0.4, 0.5) is 0 Å². The van der Waals surface area contributed by atoms with E-state index < -0.39 is 5.41 Å². The molecule has 0 aliphatic heterocycles. The van der Waals surface area contributed by atoms with E-state index in [1.807, 2.05) is 27.7 Å². The lowest BCUT2D eigenvalue weighted by molar-refractivity contribution is -0.131. The van der Waals surface area contributed by atoms with Crippen LogP contribution >= 0.6 is 0 Å². The first kappa shape index (κ1) is 16.7.